The van der Waals surface area contributed by atoms with Gasteiger partial charge in [-0.3, -0.25) is 4.79 Å². The molecule has 3 aromatic rings. The number of aromatic nitrogens is 5. The number of amides is 1. The van der Waals surface area contributed by atoms with Crippen molar-refractivity contribution in [1.82, 2.24) is 30.1 Å². The van der Waals surface area contributed by atoms with Gasteiger partial charge < -0.3 is 25.0 Å². The maximum absolute atomic E-state index is 12.3. The number of anilines is 3. The van der Waals surface area contributed by atoms with Crippen LogP contribution in [-0.4, -0.2) is 77.2 Å². The number of nitrogens with one attached hydrogen (secondary N) is 2. The van der Waals surface area contributed by atoms with E-state index in [0.29, 0.717) is 18.9 Å². The molecule has 0 bridgehead atoms. The Bertz CT molecular complexity index is 1120. The van der Waals surface area contributed by atoms with Crippen LogP contribution in [0.5, 0.6) is 0 Å². The Balaban J connectivity index is 1.47. The number of methoxy groups -OCH3 is 1. The van der Waals surface area contributed by atoms with Crippen LogP contribution in [0, 0.1) is 0 Å². The van der Waals surface area contributed by atoms with Gasteiger partial charge in [0.15, 0.2) is 11.3 Å². The Labute approximate surface area is 177 Å². The van der Waals surface area contributed by atoms with Crippen LogP contribution in [0.25, 0.3) is 5.65 Å². The van der Waals surface area contributed by atoms with E-state index in [2.05, 4.69) is 30.5 Å². The first-order valence-electron chi connectivity index (χ1n) is 11.0. The van der Waals surface area contributed by atoms with Crippen LogP contribution in [0.3, 0.4) is 0 Å². The van der Waals surface area contributed by atoms with Crippen LogP contribution in [0.2, 0.25) is 0 Å². The molecule has 11 heteroatoms. The van der Waals surface area contributed by atoms with Gasteiger partial charge in [-0.2, -0.15) is 10.1 Å². The maximum Gasteiger partial charge on any atom is 0.273 e. The number of nitrogens with zero attached hydrogens (tertiary/aromatic N) is 6. The molecule has 30 heavy (non-hydrogen) atoms. The highest BCUT2D eigenvalue weighted by Gasteiger charge is 2.23. The molecule has 4 heterocycles. The number of ether oxygens (including phenoxy) is 2. The van der Waals surface area contributed by atoms with E-state index in [1.807, 2.05) is 23.6 Å². The summed E-state index contributed by atoms with van der Waals surface area (Å²) < 4.78 is 34.1. The summed E-state index contributed by atoms with van der Waals surface area (Å²) in [5.74, 6) is -0.654. The topological polar surface area (TPSA) is 119 Å². The van der Waals surface area contributed by atoms with Crippen LogP contribution < -0.4 is 15.5 Å². The number of carbonyl (C=O) groups excluding carboxylic acids is 1. The zero-order chi connectivity index (χ0) is 23.4. The Morgan fingerprint density at radius 1 is 1.37 bits per heavy atom. The zero-order valence-electron chi connectivity index (χ0n) is 19.4. The average Bonchev–Trinajstić information content (AvgIpc) is 3.39. The number of hydrogen-bond acceptors (Lipinski definition) is 9. The minimum absolute atomic E-state index is 0.155. The number of hydrogen-bond donors (Lipinski definition) is 2. The van der Waals surface area contributed by atoms with Gasteiger partial charge in [0, 0.05) is 31.3 Å². The minimum atomic E-state index is -2.65. The Hall–Kier alpha value is -3.31. The van der Waals surface area contributed by atoms with Crippen molar-refractivity contribution < 1.29 is 18.4 Å². The van der Waals surface area contributed by atoms with E-state index in [0.717, 1.165) is 25.2 Å². The van der Waals surface area contributed by atoms with Gasteiger partial charge in [0.05, 0.1) is 43.1 Å². The summed E-state index contributed by atoms with van der Waals surface area (Å²) in [7, 11) is 1.65. The molecule has 1 atom stereocenters. The smallest absolute Gasteiger partial charge is 0.273 e. The molecular weight excluding hydrogens is 388 g/mol. The lowest BCUT2D eigenvalue weighted by Gasteiger charge is -2.18. The Morgan fingerprint density at radius 3 is 3.17 bits per heavy atom. The molecule has 158 valence electrons. The Kier molecular flexibility index (Phi) is 4.95. The van der Waals surface area contributed by atoms with E-state index in [-0.39, 0.29) is 23.4 Å². The molecule has 11 nitrogen and oxygen atoms in total. The molecule has 0 aromatic carbocycles. The van der Waals surface area contributed by atoms with Crippen molar-refractivity contribution in [2.45, 2.75) is 12.5 Å². The summed E-state index contributed by atoms with van der Waals surface area (Å²) in [6.45, 7) is 0.145. The fourth-order valence-corrected chi connectivity index (χ4v) is 3.29. The van der Waals surface area contributed by atoms with Gasteiger partial charge in [0.2, 0.25) is 5.95 Å². The highest BCUT2D eigenvalue weighted by molar-refractivity contribution is 5.97. The highest BCUT2D eigenvalue weighted by Crippen LogP contribution is 2.23. The summed E-state index contributed by atoms with van der Waals surface area (Å²) in [6, 6.07) is 5.31. The predicted octanol–water partition coefficient (Wildman–Crippen LogP) is 0.864. The van der Waals surface area contributed by atoms with E-state index in [4.69, 9.17) is 13.6 Å². The number of fused-ring (bicyclic) bond motifs is 1. The monoisotopic (exact) mass is 415 g/mol. The van der Waals surface area contributed by atoms with Crippen molar-refractivity contribution in [3.8, 4) is 0 Å². The van der Waals surface area contributed by atoms with Gasteiger partial charge in [-0.15, -0.1) is 10.2 Å². The molecule has 1 unspecified atom stereocenters. The van der Waals surface area contributed by atoms with Crippen LogP contribution in [0.1, 0.15) is 21.0 Å². The maximum atomic E-state index is 12.3. The molecular formula is C19H24N8O3. The second-order valence-corrected chi connectivity index (χ2v) is 6.72. The number of rotatable bonds is 8. The molecule has 1 fully saturated rings. The summed E-state index contributed by atoms with van der Waals surface area (Å²) in [5.41, 5.74) is 1.65. The third kappa shape index (κ3) is 4.31. The molecule has 3 aromatic heterocycles. The predicted molar refractivity (Wildman–Crippen MR) is 110 cm³/mol. The third-order valence-corrected chi connectivity index (χ3v) is 4.76. The molecule has 0 saturated carbocycles. The van der Waals surface area contributed by atoms with Gasteiger partial charge in [-0.1, -0.05) is 0 Å². The first-order chi connectivity index (χ1) is 15.8. The second-order valence-electron chi connectivity index (χ2n) is 6.72. The van der Waals surface area contributed by atoms with E-state index in [9.17, 15) is 4.79 Å². The highest BCUT2D eigenvalue weighted by atomic mass is 16.5. The van der Waals surface area contributed by atoms with Crippen molar-refractivity contribution in [3.63, 3.8) is 0 Å². The SMILES string of the molecule is [2H]C([2H])([2H])NC(=O)c1nnccc1Nc1nc2ccc(N3CCC(OCCOC)C3)cn2n1. The van der Waals surface area contributed by atoms with Crippen molar-refractivity contribution in [2.24, 2.45) is 0 Å². The van der Waals surface area contributed by atoms with Gasteiger partial charge in [-0.05, 0) is 24.6 Å². The van der Waals surface area contributed by atoms with Crippen molar-refractivity contribution in [1.29, 1.82) is 0 Å². The van der Waals surface area contributed by atoms with Crippen LogP contribution >= 0.6 is 0 Å². The van der Waals surface area contributed by atoms with Crippen molar-refractivity contribution in [3.05, 3.63) is 36.3 Å². The van der Waals surface area contributed by atoms with Crippen LogP contribution in [0.4, 0.5) is 17.3 Å². The first-order valence-corrected chi connectivity index (χ1v) is 9.45. The normalized spacial score (nSPS) is 18.1. The summed E-state index contributed by atoms with van der Waals surface area (Å²) in [6.07, 6.45) is 4.34. The van der Waals surface area contributed by atoms with Crippen molar-refractivity contribution in [2.75, 3.05) is 50.6 Å². The van der Waals surface area contributed by atoms with Gasteiger partial charge in [-0.25, -0.2) is 4.52 Å². The molecule has 0 aliphatic carbocycles. The van der Waals surface area contributed by atoms with Crippen LogP contribution in [0.15, 0.2) is 30.6 Å². The summed E-state index contributed by atoms with van der Waals surface area (Å²) >= 11 is 0. The fourth-order valence-electron chi connectivity index (χ4n) is 3.29. The lowest BCUT2D eigenvalue weighted by Crippen LogP contribution is -2.24. The molecule has 1 aliphatic heterocycles. The lowest BCUT2D eigenvalue weighted by molar-refractivity contribution is 0.0280. The average molecular weight is 415 g/mol. The van der Waals surface area contributed by atoms with Gasteiger partial charge in [0.1, 0.15) is 0 Å². The van der Waals surface area contributed by atoms with E-state index in [1.54, 1.807) is 11.6 Å². The van der Waals surface area contributed by atoms with E-state index >= 15 is 0 Å². The van der Waals surface area contributed by atoms with E-state index in [1.165, 1.54) is 12.3 Å². The third-order valence-electron chi connectivity index (χ3n) is 4.76. The van der Waals surface area contributed by atoms with Gasteiger partial charge in [0.25, 0.3) is 5.91 Å². The van der Waals surface area contributed by atoms with Crippen LogP contribution in [-0.2, 0) is 9.47 Å². The molecule has 4 rings (SSSR count). The molecule has 0 spiro atoms. The summed E-state index contributed by atoms with van der Waals surface area (Å²) in [5, 5.41) is 16.7. The molecule has 0 radical (unpaired) electrons. The first kappa shape index (κ1) is 16.5. The minimum Gasteiger partial charge on any atom is -0.382 e. The van der Waals surface area contributed by atoms with E-state index < -0.39 is 12.9 Å². The zero-order valence-corrected chi connectivity index (χ0v) is 16.4. The molecule has 1 saturated heterocycles. The van der Waals surface area contributed by atoms with Gasteiger partial charge >= 0.3 is 0 Å². The largest absolute Gasteiger partial charge is 0.382 e. The lowest BCUT2D eigenvalue weighted by atomic mass is 10.3. The number of carbonyl (C=O) groups is 1. The molecule has 2 N–H and O–H groups in total. The molecule has 1 aliphatic rings. The quantitative estimate of drug-likeness (QED) is 0.516. The number of pyridine rings is 1. The Morgan fingerprint density at radius 2 is 2.30 bits per heavy atom. The second kappa shape index (κ2) is 9.01. The fraction of sp³-hybridized carbons (Fsp3) is 0.421. The van der Waals surface area contributed by atoms with Crippen molar-refractivity contribution >= 4 is 28.9 Å². The molecule has 1 amide bonds. The summed E-state index contributed by atoms with van der Waals surface area (Å²) in [4.78, 5) is 18.9. The standard InChI is InChI=1S/C19H24N8O3/c1-20-18(28)17-15(5-7-21-24-17)22-19-23-16-4-3-13(11-27(16)25-19)26-8-6-14(12-26)30-10-9-29-2/h3-5,7,11,14H,6,8-10,12H2,1-2H3,(H,20,28)(H,21,22,25)/i1D3.